The summed E-state index contributed by atoms with van der Waals surface area (Å²) in [6.45, 7) is 4.94. The first-order chi connectivity index (χ1) is 14.2. The third-order valence-electron chi connectivity index (χ3n) is 4.67. The fraction of sp³-hybridized carbons (Fsp3) is 0.333. The molecule has 0 bridgehead atoms. The van der Waals surface area contributed by atoms with Crippen molar-refractivity contribution in [3.8, 4) is 5.88 Å². The third-order valence-corrected chi connectivity index (χ3v) is 4.67. The van der Waals surface area contributed by atoms with Crippen molar-refractivity contribution in [1.29, 1.82) is 0 Å². The van der Waals surface area contributed by atoms with Gasteiger partial charge in [-0.15, -0.1) is 0 Å². The molecule has 9 heteroatoms. The summed E-state index contributed by atoms with van der Waals surface area (Å²) in [5.74, 6) is -1.14. The summed E-state index contributed by atoms with van der Waals surface area (Å²) < 4.78 is 18.8. The zero-order chi connectivity index (χ0) is 21.9. The van der Waals surface area contributed by atoms with Gasteiger partial charge in [0.05, 0.1) is 6.10 Å². The summed E-state index contributed by atoms with van der Waals surface area (Å²) in [5.41, 5.74) is -0.268. The molecule has 1 aliphatic rings. The lowest BCUT2D eigenvalue weighted by Crippen LogP contribution is -2.43. The maximum atomic E-state index is 13.2. The Bertz CT molecular complexity index is 964. The molecule has 8 nitrogen and oxygen atoms in total. The Morgan fingerprint density at radius 2 is 1.97 bits per heavy atom. The molecule has 3 rings (SSSR count). The number of ether oxygens (including phenoxy) is 1. The van der Waals surface area contributed by atoms with Crippen LogP contribution in [0.25, 0.3) is 0 Å². The minimum absolute atomic E-state index is 0.0793. The van der Waals surface area contributed by atoms with Gasteiger partial charge in [0, 0.05) is 18.3 Å². The molecular formula is C21H23FN4O4. The summed E-state index contributed by atoms with van der Waals surface area (Å²) in [7, 11) is 0. The second kappa shape index (κ2) is 8.48. The van der Waals surface area contributed by atoms with Gasteiger partial charge < -0.3 is 15.4 Å². The number of amides is 4. The first kappa shape index (κ1) is 21.2. The van der Waals surface area contributed by atoms with E-state index in [2.05, 4.69) is 15.6 Å². The Kier molecular flexibility index (Phi) is 6.00. The lowest BCUT2D eigenvalue weighted by atomic mass is 9.92. The molecule has 1 atom stereocenters. The monoisotopic (exact) mass is 414 g/mol. The highest BCUT2D eigenvalue weighted by molar-refractivity contribution is 6.09. The highest BCUT2D eigenvalue weighted by Crippen LogP contribution is 2.28. The predicted molar refractivity (Wildman–Crippen MR) is 106 cm³/mol. The van der Waals surface area contributed by atoms with E-state index < -0.39 is 35.7 Å². The number of benzene rings is 1. The van der Waals surface area contributed by atoms with Crippen molar-refractivity contribution >= 4 is 17.8 Å². The molecule has 158 valence electrons. The van der Waals surface area contributed by atoms with Crippen LogP contribution in [-0.4, -0.2) is 40.4 Å². The van der Waals surface area contributed by atoms with Crippen LogP contribution in [0.4, 0.5) is 9.18 Å². The van der Waals surface area contributed by atoms with Gasteiger partial charge in [-0.1, -0.05) is 18.2 Å². The van der Waals surface area contributed by atoms with Crippen LogP contribution in [0.2, 0.25) is 0 Å². The Labute approximate surface area is 173 Å². The number of imide groups is 1. The SMILES string of the molecule is CC(C)Oc1ncccc1CNC(=O)CN1C(=O)NC(C)(c2ccc(F)cc2)C1=O. The maximum Gasteiger partial charge on any atom is 0.325 e. The number of hydrogen-bond donors (Lipinski definition) is 2. The summed E-state index contributed by atoms with van der Waals surface area (Å²) in [6, 6.07) is 8.07. The number of rotatable bonds is 7. The lowest BCUT2D eigenvalue weighted by molar-refractivity contribution is -0.134. The van der Waals surface area contributed by atoms with Gasteiger partial charge in [-0.2, -0.15) is 0 Å². The number of halogens is 1. The average molecular weight is 414 g/mol. The van der Waals surface area contributed by atoms with E-state index in [-0.39, 0.29) is 12.6 Å². The first-order valence-electron chi connectivity index (χ1n) is 9.48. The maximum absolute atomic E-state index is 13.2. The van der Waals surface area contributed by atoms with Gasteiger partial charge in [0.1, 0.15) is 17.9 Å². The predicted octanol–water partition coefficient (Wildman–Crippen LogP) is 2.09. The molecule has 0 saturated carbocycles. The highest BCUT2D eigenvalue weighted by Gasteiger charge is 2.49. The van der Waals surface area contributed by atoms with Crippen molar-refractivity contribution in [2.75, 3.05) is 6.54 Å². The first-order valence-corrected chi connectivity index (χ1v) is 9.48. The number of carbonyl (C=O) groups excluding carboxylic acids is 3. The Hall–Kier alpha value is -3.49. The molecule has 0 spiro atoms. The van der Waals surface area contributed by atoms with E-state index in [0.717, 1.165) is 4.90 Å². The molecule has 0 radical (unpaired) electrons. The molecule has 4 amide bonds. The van der Waals surface area contributed by atoms with Crippen LogP contribution in [0.15, 0.2) is 42.6 Å². The van der Waals surface area contributed by atoms with Gasteiger partial charge >= 0.3 is 6.03 Å². The van der Waals surface area contributed by atoms with Crippen LogP contribution in [0.5, 0.6) is 5.88 Å². The highest BCUT2D eigenvalue weighted by atomic mass is 19.1. The van der Waals surface area contributed by atoms with Crippen molar-refractivity contribution in [1.82, 2.24) is 20.5 Å². The number of hydrogen-bond acceptors (Lipinski definition) is 5. The van der Waals surface area contributed by atoms with Gasteiger partial charge in [-0.25, -0.2) is 14.2 Å². The number of nitrogens with zero attached hydrogens (tertiary/aromatic N) is 2. The summed E-state index contributed by atoms with van der Waals surface area (Å²) in [5, 5.41) is 5.25. The van der Waals surface area contributed by atoms with Crippen molar-refractivity contribution in [3.63, 3.8) is 0 Å². The number of nitrogens with one attached hydrogen (secondary N) is 2. The minimum Gasteiger partial charge on any atom is -0.475 e. The van der Waals surface area contributed by atoms with Crippen molar-refractivity contribution in [2.24, 2.45) is 0 Å². The van der Waals surface area contributed by atoms with E-state index in [0.29, 0.717) is 17.0 Å². The van der Waals surface area contributed by atoms with E-state index in [4.69, 9.17) is 4.74 Å². The fourth-order valence-corrected chi connectivity index (χ4v) is 3.10. The summed E-state index contributed by atoms with van der Waals surface area (Å²) >= 11 is 0. The van der Waals surface area contributed by atoms with E-state index in [1.165, 1.54) is 31.2 Å². The van der Waals surface area contributed by atoms with E-state index in [1.54, 1.807) is 18.3 Å². The Morgan fingerprint density at radius 1 is 1.27 bits per heavy atom. The van der Waals surface area contributed by atoms with Crippen molar-refractivity contribution < 1.29 is 23.5 Å². The quantitative estimate of drug-likeness (QED) is 0.676. The van der Waals surface area contributed by atoms with E-state index >= 15 is 0 Å². The molecular weight excluding hydrogens is 391 g/mol. The Morgan fingerprint density at radius 3 is 2.63 bits per heavy atom. The van der Waals surface area contributed by atoms with Gasteiger partial charge in [-0.3, -0.25) is 14.5 Å². The summed E-state index contributed by atoms with van der Waals surface area (Å²) in [4.78, 5) is 42.6. The second-order valence-corrected chi connectivity index (χ2v) is 7.36. The molecule has 2 heterocycles. The van der Waals surface area contributed by atoms with E-state index in [1.807, 2.05) is 13.8 Å². The van der Waals surface area contributed by atoms with Crippen LogP contribution >= 0.6 is 0 Å². The number of carbonyl (C=O) groups is 3. The number of pyridine rings is 1. The smallest absolute Gasteiger partial charge is 0.325 e. The van der Waals surface area contributed by atoms with Crippen LogP contribution in [0.1, 0.15) is 31.9 Å². The third kappa shape index (κ3) is 4.40. The number of urea groups is 1. The van der Waals surface area contributed by atoms with Gasteiger partial charge in [0.15, 0.2) is 0 Å². The van der Waals surface area contributed by atoms with Crippen LogP contribution < -0.4 is 15.4 Å². The largest absolute Gasteiger partial charge is 0.475 e. The topological polar surface area (TPSA) is 101 Å². The minimum atomic E-state index is -1.37. The zero-order valence-corrected chi connectivity index (χ0v) is 16.9. The molecule has 1 saturated heterocycles. The van der Waals surface area contributed by atoms with E-state index in [9.17, 15) is 18.8 Å². The molecule has 1 aromatic carbocycles. The van der Waals surface area contributed by atoms with Gasteiger partial charge in [0.2, 0.25) is 11.8 Å². The van der Waals surface area contributed by atoms with Crippen molar-refractivity contribution in [3.05, 3.63) is 59.5 Å². The number of aromatic nitrogens is 1. The molecule has 0 aliphatic carbocycles. The molecule has 1 fully saturated rings. The van der Waals surface area contributed by atoms with Gasteiger partial charge in [0.25, 0.3) is 5.91 Å². The molecule has 1 aliphatic heterocycles. The van der Waals surface area contributed by atoms with Crippen molar-refractivity contribution in [2.45, 2.75) is 39.0 Å². The molecule has 2 N–H and O–H groups in total. The lowest BCUT2D eigenvalue weighted by Gasteiger charge is -2.22. The molecule has 2 aromatic rings. The Balaban J connectivity index is 1.65. The second-order valence-electron chi connectivity index (χ2n) is 7.36. The van der Waals surface area contributed by atoms with Gasteiger partial charge in [-0.05, 0) is 44.5 Å². The zero-order valence-electron chi connectivity index (χ0n) is 16.9. The normalized spacial score (nSPS) is 18.5. The molecule has 1 aromatic heterocycles. The van der Waals surface area contributed by atoms with Crippen LogP contribution in [-0.2, 0) is 21.7 Å². The standard InChI is InChI=1S/C21H23FN4O4/c1-13(2)30-18-14(5-4-10-23-18)11-24-17(27)12-26-19(28)21(3,25-20(26)29)15-6-8-16(22)9-7-15/h4-10,13H,11-12H2,1-3H3,(H,24,27)(H,25,29). The average Bonchev–Trinajstić information content (AvgIpc) is 2.91. The van der Waals surface area contributed by atoms with Crippen LogP contribution in [0, 0.1) is 5.82 Å². The fourth-order valence-electron chi connectivity index (χ4n) is 3.10. The molecule has 1 unspecified atom stereocenters. The van der Waals surface area contributed by atoms with Crippen LogP contribution in [0.3, 0.4) is 0 Å². The summed E-state index contributed by atoms with van der Waals surface area (Å²) in [6.07, 6.45) is 1.51. The molecule has 30 heavy (non-hydrogen) atoms.